The van der Waals surface area contributed by atoms with Crippen LogP contribution in [-0.4, -0.2) is 17.8 Å². The summed E-state index contributed by atoms with van der Waals surface area (Å²) in [7, 11) is 0. The maximum Gasteiger partial charge on any atom is 0.254 e. The van der Waals surface area contributed by atoms with Gasteiger partial charge in [-0.2, -0.15) is 27.6 Å². The fourth-order valence-corrected chi connectivity index (χ4v) is 1.63. The number of hydrogen-bond acceptors (Lipinski definition) is 4. The minimum atomic E-state index is -1.76. The lowest BCUT2D eigenvalue weighted by Crippen LogP contribution is -2.06. The van der Waals surface area contributed by atoms with Gasteiger partial charge in [0.25, 0.3) is 11.9 Å². The standard InChI is InChI=1S/C14H11F4N3O/c1-2-22-9-6-4-3-5-8(9)7-19-21-12-10(15)13(17)20-14(18)11(12)16/h3-7H,2H2,1H3,(H,20,21)/b19-7-. The lowest BCUT2D eigenvalue weighted by Gasteiger charge is -2.07. The summed E-state index contributed by atoms with van der Waals surface area (Å²) in [6.07, 6.45) is 1.21. The molecule has 0 saturated carbocycles. The molecule has 116 valence electrons. The summed E-state index contributed by atoms with van der Waals surface area (Å²) in [5, 5.41) is 3.56. The molecule has 0 amide bonds. The quantitative estimate of drug-likeness (QED) is 0.398. The minimum absolute atomic E-state index is 0.419. The summed E-state index contributed by atoms with van der Waals surface area (Å²) in [5.74, 6) is -6.33. The van der Waals surface area contributed by atoms with E-state index in [1.807, 2.05) is 5.43 Å². The Labute approximate surface area is 123 Å². The van der Waals surface area contributed by atoms with Crippen molar-refractivity contribution in [2.45, 2.75) is 6.92 Å². The molecule has 2 aromatic rings. The fourth-order valence-electron chi connectivity index (χ4n) is 1.63. The molecule has 22 heavy (non-hydrogen) atoms. The van der Waals surface area contributed by atoms with Crippen LogP contribution in [0.5, 0.6) is 5.75 Å². The number of ether oxygens (including phenoxy) is 1. The first-order valence-electron chi connectivity index (χ1n) is 6.25. The molecule has 0 saturated heterocycles. The first kappa shape index (κ1) is 15.7. The zero-order valence-electron chi connectivity index (χ0n) is 11.4. The van der Waals surface area contributed by atoms with Gasteiger partial charge >= 0.3 is 0 Å². The summed E-state index contributed by atoms with van der Waals surface area (Å²) in [5.41, 5.74) is 1.39. The second-order valence-electron chi connectivity index (χ2n) is 4.04. The fraction of sp³-hybridized carbons (Fsp3) is 0.143. The van der Waals surface area contributed by atoms with Gasteiger partial charge in [0.1, 0.15) is 11.4 Å². The van der Waals surface area contributed by atoms with E-state index in [1.54, 1.807) is 31.2 Å². The molecular formula is C14H11F4N3O. The van der Waals surface area contributed by atoms with Crippen molar-refractivity contribution in [3.63, 3.8) is 0 Å². The maximum atomic E-state index is 13.4. The van der Waals surface area contributed by atoms with Gasteiger partial charge in [-0.1, -0.05) is 12.1 Å². The van der Waals surface area contributed by atoms with Gasteiger partial charge < -0.3 is 4.74 Å². The molecule has 0 aliphatic rings. The summed E-state index contributed by atoms with van der Waals surface area (Å²) >= 11 is 0. The number of anilines is 1. The number of pyridine rings is 1. The SMILES string of the molecule is CCOc1ccccc1/C=N\Nc1c(F)c(F)nc(F)c1F. The van der Waals surface area contributed by atoms with Crippen LogP contribution in [0.2, 0.25) is 0 Å². The molecule has 0 unspecified atom stereocenters. The Bertz CT molecular complexity index is 680. The highest BCUT2D eigenvalue weighted by Gasteiger charge is 2.20. The maximum absolute atomic E-state index is 13.4. The van der Waals surface area contributed by atoms with Gasteiger partial charge in [-0.25, -0.2) is 0 Å². The predicted molar refractivity (Wildman–Crippen MR) is 72.9 cm³/mol. The van der Waals surface area contributed by atoms with Crippen molar-refractivity contribution in [2.75, 3.05) is 12.0 Å². The molecule has 1 heterocycles. The average Bonchev–Trinajstić information content (AvgIpc) is 2.50. The number of hydrazone groups is 1. The molecule has 0 aliphatic carbocycles. The van der Waals surface area contributed by atoms with Gasteiger partial charge in [0.15, 0.2) is 0 Å². The molecule has 0 atom stereocenters. The molecule has 0 radical (unpaired) electrons. The van der Waals surface area contributed by atoms with Gasteiger partial charge in [0, 0.05) is 5.56 Å². The monoisotopic (exact) mass is 313 g/mol. The van der Waals surface area contributed by atoms with Crippen LogP contribution in [0.15, 0.2) is 29.4 Å². The summed E-state index contributed by atoms with van der Waals surface area (Å²) in [6.45, 7) is 2.21. The summed E-state index contributed by atoms with van der Waals surface area (Å²) in [6, 6.07) is 6.77. The van der Waals surface area contributed by atoms with Gasteiger partial charge in [-0.05, 0) is 19.1 Å². The zero-order chi connectivity index (χ0) is 16.1. The second kappa shape index (κ2) is 6.88. The molecule has 0 aliphatic heterocycles. The largest absolute Gasteiger partial charge is 0.493 e. The molecule has 0 spiro atoms. The van der Waals surface area contributed by atoms with Crippen LogP contribution >= 0.6 is 0 Å². The van der Waals surface area contributed by atoms with Crippen molar-refractivity contribution in [3.05, 3.63) is 53.4 Å². The number of nitrogens with one attached hydrogen (secondary N) is 1. The van der Waals surface area contributed by atoms with E-state index in [9.17, 15) is 17.6 Å². The van der Waals surface area contributed by atoms with Crippen molar-refractivity contribution < 1.29 is 22.3 Å². The Balaban J connectivity index is 2.24. The smallest absolute Gasteiger partial charge is 0.254 e. The number of benzene rings is 1. The zero-order valence-corrected chi connectivity index (χ0v) is 11.4. The van der Waals surface area contributed by atoms with Crippen molar-refractivity contribution in [2.24, 2.45) is 5.10 Å². The summed E-state index contributed by atoms with van der Waals surface area (Å²) in [4.78, 5) is 2.44. The summed E-state index contributed by atoms with van der Waals surface area (Å²) < 4.78 is 57.9. The van der Waals surface area contributed by atoms with E-state index in [0.717, 1.165) is 0 Å². The molecule has 1 N–H and O–H groups in total. The number of hydrogen-bond donors (Lipinski definition) is 1. The molecule has 2 rings (SSSR count). The van der Waals surface area contributed by atoms with Crippen molar-refractivity contribution in [1.29, 1.82) is 0 Å². The first-order valence-corrected chi connectivity index (χ1v) is 6.25. The molecule has 1 aromatic carbocycles. The first-order chi connectivity index (χ1) is 10.5. The van der Waals surface area contributed by atoms with E-state index in [0.29, 0.717) is 17.9 Å². The third-order valence-electron chi connectivity index (χ3n) is 2.60. The second-order valence-corrected chi connectivity index (χ2v) is 4.04. The van der Waals surface area contributed by atoms with Gasteiger partial charge in [0.2, 0.25) is 11.6 Å². The Morgan fingerprint density at radius 3 is 2.41 bits per heavy atom. The highest BCUT2D eigenvalue weighted by molar-refractivity contribution is 5.84. The van der Waals surface area contributed by atoms with Crippen LogP contribution in [0.3, 0.4) is 0 Å². The minimum Gasteiger partial charge on any atom is -0.493 e. The number of rotatable bonds is 5. The number of nitrogens with zero attached hydrogens (tertiary/aromatic N) is 2. The highest BCUT2D eigenvalue weighted by atomic mass is 19.2. The van der Waals surface area contributed by atoms with E-state index >= 15 is 0 Å². The lowest BCUT2D eigenvalue weighted by molar-refractivity contribution is 0.340. The number of aromatic nitrogens is 1. The molecule has 0 fully saturated rings. The van der Waals surface area contributed by atoms with E-state index in [-0.39, 0.29) is 0 Å². The number of para-hydroxylation sites is 1. The molecule has 4 nitrogen and oxygen atoms in total. The van der Waals surface area contributed by atoms with E-state index in [4.69, 9.17) is 4.74 Å². The van der Waals surface area contributed by atoms with Crippen LogP contribution in [0.25, 0.3) is 0 Å². The van der Waals surface area contributed by atoms with E-state index < -0.39 is 29.2 Å². The molecule has 8 heteroatoms. The molecule has 1 aromatic heterocycles. The topological polar surface area (TPSA) is 46.5 Å². The van der Waals surface area contributed by atoms with Crippen molar-refractivity contribution in [1.82, 2.24) is 4.98 Å². The van der Waals surface area contributed by atoms with Crippen LogP contribution in [0.4, 0.5) is 23.2 Å². The Morgan fingerprint density at radius 2 is 1.77 bits per heavy atom. The highest BCUT2D eigenvalue weighted by Crippen LogP contribution is 2.22. The average molecular weight is 313 g/mol. The lowest BCUT2D eigenvalue weighted by atomic mass is 10.2. The van der Waals surface area contributed by atoms with Gasteiger partial charge in [-0.15, -0.1) is 0 Å². The van der Waals surface area contributed by atoms with Crippen LogP contribution in [0, 0.1) is 23.5 Å². The normalized spacial score (nSPS) is 11.0. The third-order valence-corrected chi connectivity index (χ3v) is 2.60. The van der Waals surface area contributed by atoms with Gasteiger partial charge in [-0.3, -0.25) is 5.43 Å². The van der Waals surface area contributed by atoms with Crippen LogP contribution < -0.4 is 10.2 Å². The molecule has 0 bridgehead atoms. The van der Waals surface area contributed by atoms with E-state index in [2.05, 4.69) is 10.1 Å². The van der Waals surface area contributed by atoms with Crippen LogP contribution in [0.1, 0.15) is 12.5 Å². The van der Waals surface area contributed by atoms with Gasteiger partial charge in [0.05, 0.1) is 12.8 Å². The Hall–Kier alpha value is -2.64. The van der Waals surface area contributed by atoms with Crippen LogP contribution in [-0.2, 0) is 0 Å². The van der Waals surface area contributed by atoms with E-state index in [1.165, 1.54) is 6.21 Å². The Morgan fingerprint density at radius 1 is 1.14 bits per heavy atom. The third kappa shape index (κ3) is 3.33. The predicted octanol–water partition coefficient (Wildman–Crippen LogP) is 3.48. The Kier molecular flexibility index (Phi) is 4.92. The number of halogens is 4. The van der Waals surface area contributed by atoms with Crippen molar-refractivity contribution >= 4 is 11.9 Å². The molecular weight excluding hydrogens is 302 g/mol. The van der Waals surface area contributed by atoms with Crippen molar-refractivity contribution in [3.8, 4) is 5.75 Å².